The number of pyridine rings is 1. The molecule has 1 atom stereocenters. The number of nitrogens with zero attached hydrogens (tertiary/aromatic N) is 4. The molecule has 0 saturated heterocycles. The van der Waals surface area contributed by atoms with Crippen LogP contribution in [0.3, 0.4) is 0 Å². The van der Waals surface area contributed by atoms with Crippen LogP contribution in [0.2, 0.25) is 0 Å². The first-order chi connectivity index (χ1) is 9.20. The maximum atomic E-state index is 5.64. The van der Waals surface area contributed by atoms with Gasteiger partial charge in [-0.15, -0.1) is 0 Å². The first-order valence-electron chi connectivity index (χ1n) is 6.43. The summed E-state index contributed by atoms with van der Waals surface area (Å²) < 4.78 is 1.94. The summed E-state index contributed by atoms with van der Waals surface area (Å²) in [5, 5.41) is 4.26. The molecule has 0 bridgehead atoms. The molecular formula is C13H20N6. The number of rotatable bonds is 6. The summed E-state index contributed by atoms with van der Waals surface area (Å²) in [6.07, 6.45) is 5.84. The average Bonchev–Trinajstić information content (AvgIpc) is 2.83. The number of hydrazine groups is 1. The van der Waals surface area contributed by atoms with Crippen molar-refractivity contribution >= 4 is 0 Å². The van der Waals surface area contributed by atoms with E-state index < -0.39 is 0 Å². The highest BCUT2D eigenvalue weighted by Crippen LogP contribution is 2.15. The van der Waals surface area contributed by atoms with Gasteiger partial charge in [0.1, 0.15) is 12.2 Å². The molecule has 6 heteroatoms. The highest BCUT2D eigenvalue weighted by molar-refractivity contribution is 5.15. The van der Waals surface area contributed by atoms with Gasteiger partial charge in [0.15, 0.2) is 0 Å². The number of nitrogens with one attached hydrogen (secondary N) is 1. The van der Waals surface area contributed by atoms with Gasteiger partial charge in [-0.1, -0.05) is 19.9 Å². The van der Waals surface area contributed by atoms with E-state index in [2.05, 4.69) is 34.3 Å². The van der Waals surface area contributed by atoms with Gasteiger partial charge in [-0.3, -0.25) is 16.3 Å². The fourth-order valence-corrected chi connectivity index (χ4v) is 1.98. The van der Waals surface area contributed by atoms with E-state index in [9.17, 15) is 0 Å². The van der Waals surface area contributed by atoms with Gasteiger partial charge < -0.3 is 0 Å². The maximum Gasteiger partial charge on any atom is 0.138 e. The van der Waals surface area contributed by atoms with Gasteiger partial charge in [-0.2, -0.15) is 5.10 Å². The highest BCUT2D eigenvalue weighted by Gasteiger charge is 2.15. The van der Waals surface area contributed by atoms with E-state index >= 15 is 0 Å². The molecule has 6 nitrogen and oxygen atoms in total. The van der Waals surface area contributed by atoms with Crippen molar-refractivity contribution in [3.05, 3.63) is 42.2 Å². The molecule has 2 heterocycles. The second-order valence-electron chi connectivity index (χ2n) is 4.96. The standard InChI is InChI=1S/C13H20N6/c1-10(2)8-19-13(16-9-17-19)6-12(18-14)11-4-3-5-15-7-11/h3-5,7,9-10,12,18H,6,8,14H2,1-2H3. The molecule has 1 unspecified atom stereocenters. The van der Waals surface area contributed by atoms with Gasteiger partial charge in [-0.25, -0.2) is 9.67 Å². The van der Waals surface area contributed by atoms with Crippen LogP contribution >= 0.6 is 0 Å². The molecule has 0 aromatic carbocycles. The van der Waals surface area contributed by atoms with Crippen LogP contribution in [-0.2, 0) is 13.0 Å². The summed E-state index contributed by atoms with van der Waals surface area (Å²) in [5.41, 5.74) is 3.86. The lowest BCUT2D eigenvalue weighted by molar-refractivity contribution is 0.446. The zero-order valence-electron chi connectivity index (χ0n) is 11.3. The maximum absolute atomic E-state index is 5.64. The van der Waals surface area contributed by atoms with E-state index in [1.54, 1.807) is 12.5 Å². The van der Waals surface area contributed by atoms with E-state index in [1.165, 1.54) is 0 Å². The molecule has 0 aliphatic carbocycles. The molecule has 19 heavy (non-hydrogen) atoms. The number of hydrogen-bond donors (Lipinski definition) is 2. The van der Waals surface area contributed by atoms with E-state index in [0.717, 1.165) is 17.9 Å². The molecule has 2 aromatic rings. The Kier molecular flexibility index (Phi) is 4.59. The molecule has 0 spiro atoms. The fourth-order valence-electron chi connectivity index (χ4n) is 1.98. The third kappa shape index (κ3) is 3.59. The fraction of sp³-hybridized carbons (Fsp3) is 0.462. The van der Waals surface area contributed by atoms with Crippen LogP contribution in [0.4, 0.5) is 0 Å². The molecular weight excluding hydrogens is 240 g/mol. The van der Waals surface area contributed by atoms with Gasteiger partial charge in [0.25, 0.3) is 0 Å². The van der Waals surface area contributed by atoms with Gasteiger partial charge in [0, 0.05) is 25.4 Å². The Morgan fingerprint density at radius 2 is 2.26 bits per heavy atom. The first kappa shape index (κ1) is 13.6. The van der Waals surface area contributed by atoms with Gasteiger partial charge in [0.05, 0.1) is 6.04 Å². The monoisotopic (exact) mass is 260 g/mol. The predicted molar refractivity (Wildman–Crippen MR) is 72.9 cm³/mol. The number of nitrogens with two attached hydrogens (primary N) is 1. The Morgan fingerprint density at radius 1 is 1.42 bits per heavy atom. The van der Waals surface area contributed by atoms with Crippen molar-refractivity contribution in [3.8, 4) is 0 Å². The summed E-state index contributed by atoms with van der Waals surface area (Å²) in [6.45, 7) is 5.18. The molecule has 0 saturated carbocycles. The number of hydrogen-bond acceptors (Lipinski definition) is 5. The zero-order chi connectivity index (χ0) is 13.7. The van der Waals surface area contributed by atoms with E-state index in [-0.39, 0.29) is 6.04 Å². The Hall–Kier alpha value is -1.79. The molecule has 0 fully saturated rings. The Bertz CT molecular complexity index is 493. The minimum atomic E-state index is -0.0104. The Morgan fingerprint density at radius 3 is 2.89 bits per heavy atom. The van der Waals surface area contributed by atoms with Gasteiger partial charge in [0.2, 0.25) is 0 Å². The van der Waals surface area contributed by atoms with Crippen molar-refractivity contribution < 1.29 is 0 Å². The van der Waals surface area contributed by atoms with E-state index in [4.69, 9.17) is 5.84 Å². The lowest BCUT2D eigenvalue weighted by Crippen LogP contribution is -2.30. The number of aromatic nitrogens is 4. The van der Waals surface area contributed by atoms with Crippen LogP contribution < -0.4 is 11.3 Å². The van der Waals surface area contributed by atoms with Crippen LogP contribution in [0.25, 0.3) is 0 Å². The third-order valence-corrected chi connectivity index (χ3v) is 2.91. The van der Waals surface area contributed by atoms with Crippen molar-refractivity contribution in [1.82, 2.24) is 25.2 Å². The van der Waals surface area contributed by atoms with Crippen molar-refractivity contribution in [3.63, 3.8) is 0 Å². The van der Waals surface area contributed by atoms with E-state index in [1.807, 2.05) is 23.0 Å². The van der Waals surface area contributed by atoms with Crippen LogP contribution in [0.1, 0.15) is 31.3 Å². The topological polar surface area (TPSA) is 81.7 Å². The molecule has 3 N–H and O–H groups in total. The van der Waals surface area contributed by atoms with Crippen molar-refractivity contribution in [2.75, 3.05) is 0 Å². The second-order valence-corrected chi connectivity index (χ2v) is 4.96. The van der Waals surface area contributed by atoms with Crippen molar-refractivity contribution in [1.29, 1.82) is 0 Å². The van der Waals surface area contributed by atoms with Crippen molar-refractivity contribution in [2.24, 2.45) is 11.8 Å². The predicted octanol–water partition coefficient (Wildman–Crippen LogP) is 1.08. The molecule has 2 aromatic heterocycles. The highest BCUT2D eigenvalue weighted by atomic mass is 15.3. The van der Waals surface area contributed by atoms with Gasteiger partial charge >= 0.3 is 0 Å². The van der Waals surface area contributed by atoms with Crippen LogP contribution in [0, 0.1) is 5.92 Å². The summed E-state index contributed by atoms with van der Waals surface area (Å²) in [6, 6.07) is 3.89. The SMILES string of the molecule is CC(C)Cn1ncnc1CC(NN)c1cccnc1. The molecule has 102 valence electrons. The molecule has 0 radical (unpaired) electrons. The molecule has 0 aliphatic heterocycles. The van der Waals surface area contributed by atoms with E-state index in [0.29, 0.717) is 12.3 Å². The normalized spacial score (nSPS) is 12.8. The summed E-state index contributed by atoms with van der Waals surface area (Å²) in [5.74, 6) is 7.10. The second kappa shape index (κ2) is 6.40. The summed E-state index contributed by atoms with van der Waals surface area (Å²) >= 11 is 0. The molecule has 0 aliphatic rings. The zero-order valence-corrected chi connectivity index (χ0v) is 11.3. The largest absolute Gasteiger partial charge is 0.271 e. The van der Waals surface area contributed by atoms with Crippen LogP contribution in [0.15, 0.2) is 30.9 Å². The minimum Gasteiger partial charge on any atom is -0.271 e. The summed E-state index contributed by atoms with van der Waals surface area (Å²) in [4.78, 5) is 8.43. The molecule has 2 rings (SSSR count). The average molecular weight is 260 g/mol. The van der Waals surface area contributed by atoms with Crippen molar-refractivity contribution in [2.45, 2.75) is 32.9 Å². The van der Waals surface area contributed by atoms with Gasteiger partial charge in [-0.05, 0) is 17.5 Å². The quantitative estimate of drug-likeness (QED) is 0.600. The lowest BCUT2D eigenvalue weighted by atomic mass is 10.1. The van der Waals surface area contributed by atoms with Crippen LogP contribution in [-0.4, -0.2) is 19.7 Å². The Balaban J connectivity index is 2.13. The minimum absolute atomic E-state index is 0.0104. The summed E-state index contributed by atoms with van der Waals surface area (Å²) in [7, 11) is 0. The Labute approximate surface area is 113 Å². The smallest absolute Gasteiger partial charge is 0.138 e. The third-order valence-electron chi connectivity index (χ3n) is 2.91. The molecule has 0 amide bonds. The lowest BCUT2D eigenvalue weighted by Gasteiger charge is -2.16. The van der Waals surface area contributed by atoms with Crippen LogP contribution in [0.5, 0.6) is 0 Å². The first-order valence-corrected chi connectivity index (χ1v) is 6.43.